The van der Waals surface area contributed by atoms with Gasteiger partial charge in [0.15, 0.2) is 0 Å². The van der Waals surface area contributed by atoms with E-state index in [1.807, 2.05) is 37.3 Å². The second-order valence-electron chi connectivity index (χ2n) is 4.24. The highest BCUT2D eigenvalue weighted by atomic mass is 35.5. The first kappa shape index (κ1) is 13.6. The molecule has 5 heteroatoms. The molecule has 0 aliphatic carbocycles. The van der Waals surface area contributed by atoms with E-state index in [9.17, 15) is 4.79 Å². The number of para-hydroxylation sites is 1. The van der Waals surface area contributed by atoms with E-state index in [4.69, 9.17) is 11.6 Å². The summed E-state index contributed by atoms with van der Waals surface area (Å²) in [7, 11) is 0. The smallest absolute Gasteiger partial charge is 0.254 e. The molecule has 0 fully saturated rings. The number of nitrogens with zero attached hydrogens (tertiary/aromatic N) is 2. The number of carbonyl (C=O) groups excluding carboxylic acids is 1. The zero-order valence-electron chi connectivity index (χ0n) is 10.7. The van der Waals surface area contributed by atoms with Crippen LogP contribution in [0.1, 0.15) is 23.7 Å². The van der Waals surface area contributed by atoms with Gasteiger partial charge in [-0.1, -0.05) is 25.1 Å². The predicted molar refractivity (Wildman–Crippen MR) is 75.8 cm³/mol. The molecule has 0 aliphatic heterocycles. The van der Waals surface area contributed by atoms with Gasteiger partial charge in [0.25, 0.3) is 5.91 Å². The van der Waals surface area contributed by atoms with Gasteiger partial charge in [0, 0.05) is 18.1 Å². The molecule has 0 saturated heterocycles. The van der Waals surface area contributed by atoms with Crippen molar-refractivity contribution >= 4 is 17.5 Å². The first-order valence-electron chi connectivity index (χ1n) is 6.21. The lowest BCUT2D eigenvalue weighted by Crippen LogP contribution is -2.35. The second-order valence-corrected chi connectivity index (χ2v) is 4.55. The molecule has 1 amide bonds. The number of rotatable bonds is 5. The van der Waals surface area contributed by atoms with Crippen LogP contribution in [0, 0.1) is 0 Å². The summed E-state index contributed by atoms with van der Waals surface area (Å²) in [5.74, 6) is 0.268. The number of aromatic nitrogens is 2. The van der Waals surface area contributed by atoms with Crippen LogP contribution in [-0.2, 0) is 0 Å². The molecule has 100 valence electrons. The Labute approximate surface area is 117 Å². The van der Waals surface area contributed by atoms with E-state index < -0.39 is 0 Å². The highest BCUT2D eigenvalue weighted by Gasteiger charge is 2.13. The molecular weight excluding hydrogens is 262 g/mol. The SMILES string of the molecule is CCC(CCl)NC(=O)c1cnn(-c2ccccc2)c1. The fraction of sp³-hybridized carbons (Fsp3) is 0.286. The molecule has 0 spiro atoms. The summed E-state index contributed by atoms with van der Waals surface area (Å²) in [6.07, 6.45) is 4.08. The van der Waals surface area contributed by atoms with Crippen molar-refractivity contribution < 1.29 is 4.79 Å². The van der Waals surface area contributed by atoms with Gasteiger partial charge in [-0.05, 0) is 18.6 Å². The van der Waals surface area contributed by atoms with E-state index in [0.717, 1.165) is 12.1 Å². The van der Waals surface area contributed by atoms with Crippen LogP contribution >= 0.6 is 11.6 Å². The van der Waals surface area contributed by atoms with E-state index in [1.54, 1.807) is 17.1 Å². The molecule has 0 aliphatic rings. The van der Waals surface area contributed by atoms with E-state index in [-0.39, 0.29) is 11.9 Å². The molecule has 1 aromatic carbocycles. The molecule has 1 heterocycles. The van der Waals surface area contributed by atoms with Crippen LogP contribution in [0.25, 0.3) is 5.69 Å². The van der Waals surface area contributed by atoms with Gasteiger partial charge in [-0.25, -0.2) is 4.68 Å². The van der Waals surface area contributed by atoms with Crippen LogP contribution in [0.5, 0.6) is 0 Å². The third-order valence-electron chi connectivity index (χ3n) is 2.88. The third-order valence-corrected chi connectivity index (χ3v) is 3.25. The molecule has 1 N–H and O–H groups in total. The molecule has 1 atom stereocenters. The summed E-state index contributed by atoms with van der Waals surface area (Å²) >= 11 is 5.76. The lowest BCUT2D eigenvalue weighted by molar-refractivity contribution is 0.0940. The molecule has 4 nitrogen and oxygen atoms in total. The van der Waals surface area contributed by atoms with Crippen molar-refractivity contribution in [3.8, 4) is 5.69 Å². The summed E-state index contributed by atoms with van der Waals surface area (Å²) in [4.78, 5) is 12.0. The van der Waals surface area contributed by atoms with Crippen LogP contribution in [0.4, 0.5) is 0 Å². The van der Waals surface area contributed by atoms with Crippen LogP contribution in [-0.4, -0.2) is 27.6 Å². The Morgan fingerprint density at radius 3 is 2.79 bits per heavy atom. The number of benzene rings is 1. The fourth-order valence-electron chi connectivity index (χ4n) is 1.68. The average Bonchev–Trinajstić information content (AvgIpc) is 2.95. The van der Waals surface area contributed by atoms with Gasteiger partial charge >= 0.3 is 0 Å². The van der Waals surface area contributed by atoms with Gasteiger partial charge in [0.1, 0.15) is 0 Å². The van der Waals surface area contributed by atoms with Crippen molar-refractivity contribution in [2.45, 2.75) is 19.4 Å². The standard InChI is InChI=1S/C14H16ClN3O/c1-2-12(8-15)17-14(19)11-9-16-18(10-11)13-6-4-3-5-7-13/h3-7,9-10,12H,2,8H2,1H3,(H,17,19). The maximum absolute atomic E-state index is 12.0. The zero-order valence-corrected chi connectivity index (χ0v) is 11.5. The fourth-order valence-corrected chi connectivity index (χ4v) is 1.98. The minimum Gasteiger partial charge on any atom is -0.348 e. The van der Waals surface area contributed by atoms with Gasteiger partial charge in [-0.2, -0.15) is 5.10 Å². The monoisotopic (exact) mass is 277 g/mol. The van der Waals surface area contributed by atoms with Crippen molar-refractivity contribution in [3.05, 3.63) is 48.3 Å². The average molecular weight is 278 g/mol. The first-order valence-corrected chi connectivity index (χ1v) is 6.75. The Kier molecular flexibility index (Phi) is 4.58. The number of hydrogen-bond donors (Lipinski definition) is 1. The number of halogens is 1. The van der Waals surface area contributed by atoms with Gasteiger partial charge in [-0.3, -0.25) is 4.79 Å². The number of alkyl halides is 1. The van der Waals surface area contributed by atoms with Gasteiger partial charge in [0.05, 0.1) is 17.4 Å². The number of hydrogen-bond acceptors (Lipinski definition) is 2. The molecule has 1 unspecified atom stereocenters. The highest BCUT2D eigenvalue weighted by molar-refractivity contribution is 6.18. The predicted octanol–water partition coefficient (Wildman–Crippen LogP) is 2.62. The van der Waals surface area contributed by atoms with Crippen LogP contribution in [0.2, 0.25) is 0 Å². The largest absolute Gasteiger partial charge is 0.348 e. The molecule has 2 aromatic rings. The second kappa shape index (κ2) is 6.38. The number of amides is 1. The molecule has 19 heavy (non-hydrogen) atoms. The molecular formula is C14H16ClN3O. The Balaban J connectivity index is 2.11. The van der Waals surface area contributed by atoms with Crippen LogP contribution < -0.4 is 5.32 Å². The minimum atomic E-state index is -0.144. The number of carbonyl (C=O) groups is 1. The van der Waals surface area contributed by atoms with Crippen molar-refractivity contribution in [1.29, 1.82) is 0 Å². The number of nitrogens with one attached hydrogen (secondary N) is 1. The molecule has 2 rings (SSSR count). The van der Waals surface area contributed by atoms with Crippen molar-refractivity contribution in [2.75, 3.05) is 5.88 Å². The highest BCUT2D eigenvalue weighted by Crippen LogP contribution is 2.08. The topological polar surface area (TPSA) is 46.9 Å². The lowest BCUT2D eigenvalue weighted by atomic mass is 10.2. The third kappa shape index (κ3) is 3.35. The Morgan fingerprint density at radius 1 is 1.42 bits per heavy atom. The van der Waals surface area contributed by atoms with Crippen LogP contribution in [0.15, 0.2) is 42.7 Å². The van der Waals surface area contributed by atoms with E-state index in [0.29, 0.717) is 11.4 Å². The Hall–Kier alpha value is -1.81. The van der Waals surface area contributed by atoms with E-state index in [2.05, 4.69) is 10.4 Å². The van der Waals surface area contributed by atoms with Gasteiger partial charge < -0.3 is 5.32 Å². The summed E-state index contributed by atoms with van der Waals surface area (Å²) in [6.45, 7) is 1.99. The first-order chi connectivity index (χ1) is 9.24. The maximum atomic E-state index is 12.0. The minimum absolute atomic E-state index is 0.00533. The quantitative estimate of drug-likeness (QED) is 0.854. The lowest BCUT2D eigenvalue weighted by Gasteiger charge is -2.12. The van der Waals surface area contributed by atoms with Crippen molar-refractivity contribution in [3.63, 3.8) is 0 Å². The molecule has 0 bridgehead atoms. The van der Waals surface area contributed by atoms with Gasteiger partial charge in [0.2, 0.25) is 0 Å². The molecule has 1 aromatic heterocycles. The Bertz CT molecular complexity index is 535. The van der Waals surface area contributed by atoms with Crippen molar-refractivity contribution in [1.82, 2.24) is 15.1 Å². The summed E-state index contributed by atoms with van der Waals surface area (Å²) in [6, 6.07) is 9.65. The molecule has 0 radical (unpaired) electrons. The van der Waals surface area contributed by atoms with E-state index >= 15 is 0 Å². The normalized spacial score (nSPS) is 12.1. The molecule has 0 saturated carbocycles. The zero-order chi connectivity index (χ0) is 13.7. The van der Waals surface area contributed by atoms with E-state index in [1.165, 1.54) is 0 Å². The summed E-state index contributed by atoms with van der Waals surface area (Å²) in [5, 5.41) is 7.06. The Morgan fingerprint density at radius 2 is 2.16 bits per heavy atom. The maximum Gasteiger partial charge on any atom is 0.254 e. The van der Waals surface area contributed by atoms with Gasteiger partial charge in [-0.15, -0.1) is 11.6 Å². The summed E-state index contributed by atoms with van der Waals surface area (Å²) < 4.78 is 1.68. The van der Waals surface area contributed by atoms with Crippen LogP contribution in [0.3, 0.4) is 0 Å². The summed E-state index contributed by atoms with van der Waals surface area (Å²) in [5.41, 5.74) is 1.46. The van der Waals surface area contributed by atoms with Crippen molar-refractivity contribution in [2.24, 2.45) is 0 Å².